The van der Waals surface area contributed by atoms with Gasteiger partial charge in [-0.3, -0.25) is 4.90 Å². The molecule has 2 N–H and O–H groups in total. The van der Waals surface area contributed by atoms with E-state index in [0.717, 1.165) is 4.90 Å². The molecule has 1 unspecified atom stereocenters. The molecular weight excluding hydrogens is 196 g/mol. The summed E-state index contributed by atoms with van der Waals surface area (Å²) in [6, 6.07) is -0.658. The number of likely N-dealkylation sites (tertiary alicyclic amines) is 1. The average molecular weight is 209 g/mol. The molecule has 14 heavy (non-hydrogen) atoms. The van der Waals surface area contributed by atoms with E-state index < -0.39 is 31.0 Å². The number of aliphatic hydroxyl groups is 1. The number of hydrogen-bond acceptors (Lipinski definition) is 2. The fourth-order valence-electron chi connectivity index (χ4n) is 1.71. The number of alkyl halides is 2. The van der Waals surface area contributed by atoms with Crippen molar-refractivity contribution in [2.75, 3.05) is 13.2 Å². The van der Waals surface area contributed by atoms with Crippen LogP contribution in [0.15, 0.2) is 0 Å². The van der Waals surface area contributed by atoms with Crippen LogP contribution < -0.4 is 0 Å². The molecule has 1 fully saturated rings. The van der Waals surface area contributed by atoms with Gasteiger partial charge in [-0.2, -0.15) is 0 Å². The molecule has 1 rings (SSSR count). The van der Waals surface area contributed by atoms with Gasteiger partial charge in [0.15, 0.2) is 0 Å². The molecule has 1 heterocycles. The molecule has 0 radical (unpaired) electrons. The summed E-state index contributed by atoms with van der Waals surface area (Å²) in [5.74, 6) is -2.92. The third-order valence-corrected chi connectivity index (χ3v) is 2.32. The van der Waals surface area contributed by atoms with Crippen LogP contribution in [0.3, 0.4) is 0 Å². The van der Waals surface area contributed by atoms with Gasteiger partial charge in [0.05, 0.1) is 6.54 Å². The quantitative estimate of drug-likeness (QED) is 0.732. The zero-order valence-corrected chi connectivity index (χ0v) is 7.62. The van der Waals surface area contributed by atoms with Gasteiger partial charge < -0.3 is 10.2 Å². The van der Waals surface area contributed by atoms with E-state index in [0.29, 0.717) is 12.8 Å². The molecule has 0 bridgehead atoms. The fraction of sp³-hybridized carbons (Fsp3) is 0.875. The molecule has 1 atom stereocenters. The number of carboxylic acid groups (broad SMARTS) is 1. The Morgan fingerprint density at radius 3 is 2.71 bits per heavy atom. The van der Waals surface area contributed by atoms with Crippen molar-refractivity contribution in [1.29, 1.82) is 0 Å². The molecule has 6 heteroatoms. The van der Waals surface area contributed by atoms with Crippen LogP contribution in [-0.4, -0.2) is 46.3 Å². The summed E-state index contributed by atoms with van der Waals surface area (Å²) in [7, 11) is 0. The monoisotopic (exact) mass is 209 g/mol. The highest BCUT2D eigenvalue weighted by Gasteiger charge is 2.46. The van der Waals surface area contributed by atoms with Crippen LogP contribution in [-0.2, 0) is 0 Å². The normalized spacial score (nSPS) is 25.4. The highest BCUT2D eigenvalue weighted by molar-refractivity contribution is 5.66. The van der Waals surface area contributed by atoms with E-state index >= 15 is 0 Å². The van der Waals surface area contributed by atoms with Gasteiger partial charge in [0, 0.05) is 19.1 Å². The number of amides is 1. The Labute approximate surface area is 80.1 Å². The number of rotatable bonds is 3. The van der Waals surface area contributed by atoms with E-state index in [2.05, 4.69) is 0 Å². The van der Waals surface area contributed by atoms with Crippen LogP contribution in [0.2, 0.25) is 0 Å². The maximum atomic E-state index is 12.9. The van der Waals surface area contributed by atoms with Crippen molar-refractivity contribution >= 4 is 6.09 Å². The Bertz CT molecular complexity index is 223. The van der Waals surface area contributed by atoms with Crippen molar-refractivity contribution in [2.24, 2.45) is 0 Å². The van der Waals surface area contributed by atoms with Crippen LogP contribution >= 0.6 is 0 Å². The smallest absolute Gasteiger partial charge is 0.407 e. The minimum atomic E-state index is -2.92. The molecule has 82 valence electrons. The van der Waals surface area contributed by atoms with E-state index in [9.17, 15) is 13.6 Å². The second-order valence-electron chi connectivity index (χ2n) is 3.49. The summed E-state index contributed by atoms with van der Waals surface area (Å²) < 4.78 is 25.7. The largest absolute Gasteiger partial charge is 0.465 e. The van der Waals surface area contributed by atoms with E-state index in [4.69, 9.17) is 10.2 Å². The lowest BCUT2D eigenvalue weighted by Gasteiger charge is -2.19. The summed E-state index contributed by atoms with van der Waals surface area (Å²) in [5, 5.41) is 17.2. The molecule has 0 spiro atoms. The van der Waals surface area contributed by atoms with Crippen molar-refractivity contribution in [2.45, 2.75) is 31.2 Å². The van der Waals surface area contributed by atoms with Crippen molar-refractivity contribution in [3.8, 4) is 0 Å². The van der Waals surface area contributed by atoms with Gasteiger partial charge in [-0.05, 0) is 12.8 Å². The molecule has 0 aromatic carbocycles. The fourth-order valence-corrected chi connectivity index (χ4v) is 1.71. The predicted octanol–water partition coefficient (Wildman–Crippen LogP) is 1.15. The van der Waals surface area contributed by atoms with Crippen molar-refractivity contribution in [1.82, 2.24) is 4.90 Å². The van der Waals surface area contributed by atoms with Crippen LogP contribution in [0.25, 0.3) is 0 Å². The number of nitrogens with zero attached hydrogens (tertiary/aromatic N) is 1. The molecule has 4 nitrogen and oxygen atoms in total. The first kappa shape index (κ1) is 11.2. The molecule has 0 saturated carbocycles. The standard InChI is InChI=1S/C8H13F2NO3/c9-8(10)4-6(2-1-3-12)11(5-8)7(13)14/h6,12H,1-5H2,(H,13,14). The third-order valence-electron chi connectivity index (χ3n) is 2.32. The summed E-state index contributed by atoms with van der Waals surface area (Å²) in [4.78, 5) is 11.4. The van der Waals surface area contributed by atoms with E-state index in [1.54, 1.807) is 0 Å². The highest BCUT2D eigenvalue weighted by atomic mass is 19.3. The molecule has 0 aliphatic carbocycles. The predicted molar refractivity (Wildman–Crippen MR) is 44.4 cm³/mol. The van der Waals surface area contributed by atoms with E-state index in [1.807, 2.05) is 0 Å². The van der Waals surface area contributed by atoms with Gasteiger partial charge in [-0.1, -0.05) is 0 Å². The Morgan fingerprint density at radius 1 is 1.57 bits per heavy atom. The second kappa shape index (κ2) is 4.08. The van der Waals surface area contributed by atoms with E-state index in [1.165, 1.54) is 0 Å². The summed E-state index contributed by atoms with van der Waals surface area (Å²) in [6.07, 6.45) is -1.10. The van der Waals surface area contributed by atoms with Crippen LogP contribution in [0.5, 0.6) is 0 Å². The zero-order chi connectivity index (χ0) is 10.8. The van der Waals surface area contributed by atoms with Gasteiger partial charge in [0.25, 0.3) is 5.92 Å². The molecule has 1 amide bonds. The average Bonchev–Trinajstić information content (AvgIpc) is 2.38. The third kappa shape index (κ3) is 2.54. The summed E-state index contributed by atoms with van der Waals surface area (Å²) in [6.45, 7) is -0.825. The van der Waals surface area contributed by atoms with Gasteiger partial charge in [0.2, 0.25) is 0 Å². The summed E-state index contributed by atoms with van der Waals surface area (Å²) >= 11 is 0. The Kier molecular flexibility index (Phi) is 3.25. The lowest BCUT2D eigenvalue weighted by atomic mass is 10.1. The molecule has 1 aliphatic rings. The lowest BCUT2D eigenvalue weighted by Crippen LogP contribution is -2.35. The number of halogens is 2. The zero-order valence-electron chi connectivity index (χ0n) is 7.62. The Hall–Kier alpha value is -0.910. The minimum absolute atomic E-state index is 0.102. The maximum absolute atomic E-state index is 12.9. The first-order chi connectivity index (χ1) is 6.46. The summed E-state index contributed by atoms with van der Waals surface area (Å²) in [5.41, 5.74) is 0. The van der Waals surface area contributed by atoms with Crippen LogP contribution in [0.4, 0.5) is 13.6 Å². The van der Waals surface area contributed by atoms with Crippen LogP contribution in [0, 0.1) is 0 Å². The molecule has 1 saturated heterocycles. The first-order valence-electron chi connectivity index (χ1n) is 4.44. The van der Waals surface area contributed by atoms with Crippen molar-refractivity contribution in [3.63, 3.8) is 0 Å². The topological polar surface area (TPSA) is 60.8 Å². The molecular formula is C8H13F2NO3. The molecule has 1 aliphatic heterocycles. The van der Waals surface area contributed by atoms with Crippen molar-refractivity contribution in [3.05, 3.63) is 0 Å². The minimum Gasteiger partial charge on any atom is -0.465 e. The Morgan fingerprint density at radius 2 is 2.21 bits per heavy atom. The lowest BCUT2D eigenvalue weighted by molar-refractivity contribution is 0.0126. The van der Waals surface area contributed by atoms with E-state index in [-0.39, 0.29) is 6.61 Å². The van der Waals surface area contributed by atoms with Gasteiger partial charge in [-0.25, -0.2) is 13.6 Å². The number of hydrogen-bond donors (Lipinski definition) is 2. The second-order valence-corrected chi connectivity index (χ2v) is 3.49. The Balaban J connectivity index is 2.58. The van der Waals surface area contributed by atoms with Gasteiger partial charge >= 0.3 is 6.09 Å². The number of aliphatic hydroxyl groups excluding tert-OH is 1. The highest BCUT2D eigenvalue weighted by Crippen LogP contribution is 2.33. The molecule has 0 aromatic heterocycles. The van der Waals surface area contributed by atoms with Crippen LogP contribution in [0.1, 0.15) is 19.3 Å². The van der Waals surface area contributed by atoms with Gasteiger partial charge in [-0.15, -0.1) is 0 Å². The maximum Gasteiger partial charge on any atom is 0.407 e. The van der Waals surface area contributed by atoms with Gasteiger partial charge in [0.1, 0.15) is 0 Å². The molecule has 0 aromatic rings. The number of carbonyl (C=O) groups is 1. The van der Waals surface area contributed by atoms with Crippen molar-refractivity contribution < 1.29 is 23.8 Å². The first-order valence-corrected chi connectivity index (χ1v) is 4.44. The SMILES string of the molecule is O=C(O)N1CC(F)(F)CC1CCCO.